The molecule has 0 heterocycles. The fraction of sp³-hybridized carbons (Fsp3) is 0.727. The first-order valence-electron chi connectivity index (χ1n) is 6.21. The Balaban J connectivity index is 3.72. The quantitative estimate of drug-likeness (QED) is 0.271. The van der Waals surface area contributed by atoms with E-state index in [2.05, 4.69) is 6.58 Å². The van der Waals surface area contributed by atoms with Gasteiger partial charge < -0.3 is 18.8 Å². The van der Waals surface area contributed by atoms with Crippen molar-refractivity contribution in [3.63, 3.8) is 0 Å². The highest BCUT2D eigenvalue weighted by atomic mass is 28.4. The molecular formula is C11H24O5Si2. The van der Waals surface area contributed by atoms with Crippen molar-refractivity contribution in [2.24, 2.45) is 0 Å². The lowest BCUT2D eigenvalue weighted by Gasteiger charge is -2.24. The third-order valence-corrected chi connectivity index (χ3v) is 8.56. The second kappa shape index (κ2) is 9.45. The van der Waals surface area contributed by atoms with Gasteiger partial charge in [-0.25, -0.2) is 4.79 Å². The van der Waals surface area contributed by atoms with Crippen LogP contribution in [-0.2, 0) is 13.6 Å². The fourth-order valence-corrected chi connectivity index (χ4v) is 7.53. The Morgan fingerprint density at radius 2 is 2.17 bits per heavy atom. The third-order valence-electron chi connectivity index (χ3n) is 2.42. The molecular weight excluding hydrogens is 268 g/mol. The number of rotatable bonds is 10. The van der Waals surface area contributed by atoms with Crippen LogP contribution in [0.25, 0.3) is 0 Å². The van der Waals surface area contributed by atoms with Gasteiger partial charge in [0.2, 0.25) is 0 Å². The highest BCUT2D eigenvalue weighted by Crippen LogP contribution is 2.14. The van der Waals surface area contributed by atoms with Gasteiger partial charge in [0, 0.05) is 12.7 Å². The molecule has 0 spiro atoms. The number of ether oxygens (including phenoxy) is 1. The van der Waals surface area contributed by atoms with E-state index in [-0.39, 0.29) is 6.61 Å². The molecule has 0 bridgehead atoms. The van der Waals surface area contributed by atoms with Gasteiger partial charge in [-0.2, -0.15) is 0 Å². The van der Waals surface area contributed by atoms with E-state index in [0.29, 0.717) is 19.1 Å². The molecule has 0 amide bonds. The lowest BCUT2D eigenvalue weighted by molar-refractivity contribution is -0.137. The van der Waals surface area contributed by atoms with Gasteiger partial charge in [-0.05, 0) is 38.0 Å². The summed E-state index contributed by atoms with van der Waals surface area (Å²) in [6.07, 6.45) is 2.47. The number of hydrogen-bond acceptors (Lipinski definition) is 5. The zero-order valence-corrected chi connectivity index (χ0v) is 13.4. The SMILES string of the molecule is C=CC(=O)OCCC[SiH](C)O[Si](C)(O)CCCO. The average molecular weight is 292 g/mol. The molecule has 106 valence electrons. The van der Waals surface area contributed by atoms with Crippen molar-refractivity contribution in [2.45, 2.75) is 38.0 Å². The van der Waals surface area contributed by atoms with Crippen LogP contribution in [0.2, 0.25) is 25.2 Å². The normalized spacial score (nSPS) is 15.8. The predicted molar refractivity (Wildman–Crippen MR) is 75.0 cm³/mol. The molecule has 2 N–H and O–H groups in total. The summed E-state index contributed by atoms with van der Waals surface area (Å²) in [4.78, 5) is 20.8. The Kier molecular flexibility index (Phi) is 9.20. The zero-order chi connectivity index (χ0) is 14.0. The number of esters is 1. The molecule has 2 unspecified atom stereocenters. The Morgan fingerprint density at radius 3 is 2.72 bits per heavy atom. The van der Waals surface area contributed by atoms with Crippen molar-refractivity contribution < 1.29 is 23.5 Å². The van der Waals surface area contributed by atoms with E-state index in [9.17, 15) is 9.59 Å². The standard InChI is InChI=1S/C11H24O5Si2/c1-4-11(13)15-8-6-9-17(2)16-18(3,14)10-5-7-12/h4,12,14,17H,1,5-10H2,2-3H3. The van der Waals surface area contributed by atoms with Gasteiger partial charge in [0.15, 0.2) is 9.04 Å². The Bertz CT molecular complexity index is 258. The van der Waals surface area contributed by atoms with E-state index in [4.69, 9.17) is 14.0 Å². The maximum absolute atomic E-state index is 10.8. The molecule has 0 aromatic carbocycles. The molecule has 0 aromatic heterocycles. The molecule has 0 aliphatic rings. The van der Waals surface area contributed by atoms with E-state index in [1.165, 1.54) is 0 Å². The van der Waals surface area contributed by atoms with E-state index >= 15 is 0 Å². The first-order chi connectivity index (χ1) is 8.41. The van der Waals surface area contributed by atoms with Crippen LogP contribution >= 0.6 is 0 Å². The van der Waals surface area contributed by atoms with Crippen LogP contribution in [0.5, 0.6) is 0 Å². The van der Waals surface area contributed by atoms with Crippen molar-refractivity contribution in [1.29, 1.82) is 0 Å². The molecule has 7 heteroatoms. The first-order valence-corrected chi connectivity index (χ1v) is 11.2. The summed E-state index contributed by atoms with van der Waals surface area (Å²) < 4.78 is 10.6. The van der Waals surface area contributed by atoms with Crippen molar-refractivity contribution >= 4 is 23.6 Å². The minimum absolute atomic E-state index is 0.0833. The summed E-state index contributed by atoms with van der Waals surface area (Å²) in [5, 5.41) is 8.72. The minimum atomic E-state index is -2.60. The number of aliphatic hydroxyl groups excluding tert-OH is 1. The third kappa shape index (κ3) is 9.54. The molecule has 0 saturated heterocycles. The van der Waals surface area contributed by atoms with E-state index in [1.54, 1.807) is 6.55 Å². The van der Waals surface area contributed by atoms with Gasteiger partial charge >= 0.3 is 14.5 Å². The molecule has 0 fully saturated rings. The second-order valence-electron chi connectivity index (χ2n) is 4.44. The summed E-state index contributed by atoms with van der Waals surface area (Å²) >= 11 is 0. The summed E-state index contributed by atoms with van der Waals surface area (Å²) in [5.74, 6) is -0.408. The van der Waals surface area contributed by atoms with Crippen LogP contribution in [0.3, 0.4) is 0 Å². The highest BCUT2D eigenvalue weighted by Gasteiger charge is 2.28. The van der Waals surface area contributed by atoms with Gasteiger partial charge in [0.05, 0.1) is 6.61 Å². The van der Waals surface area contributed by atoms with Gasteiger partial charge in [-0.1, -0.05) is 6.58 Å². The second-order valence-corrected chi connectivity index (χ2v) is 10.4. The van der Waals surface area contributed by atoms with Crippen LogP contribution in [-0.4, -0.2) is 46.7 Å². The first kappa shape index (κ1) is 17.5. The Hall–Kier alpha value is -0.476. The van der Waals surface area contributed by atoms with Crippen LogP contribution in [0.4, 0.5) is 0 Å². The van der Waals surface area contributed by atoms with Crippen molar-refractivity contribution in [3.8, 4) is 0 Å². The summed E-state index contributed by atoms with van der Waals surface area (Å²) in [7, 11) is -4.03. The monoisotopic (exact) mass is 292 g/mol. The van der Waals surface area contributed by atoms with Crippen LogP contribution in [0.1, 0.15) is 12.8 Å². The van der Waals surface area contributed by atoms with Crippen LogP contribution < -0.4 is 0 Å². The predicted octanol–water partition coefficient (Wildman–Crippen LogP) is 0.923. The summed E-state index contributed by atoms with van der Waals surface area (Å²) in [6, 6.07) is 1.42. The maximum atomic E-state index is 10.8. The molecule has 0 aromatic rings. The topological polar surface area (TPSA) is 76.0 Å². The summed E-state index contributed by atoms with van der Waals surface area (Å²) in [5.41, 5.74) is 0. The highest BCUT2D eigenvalue weighted by molar-refractivity contribution is 6.73. The smallest absolute Gasteiger partial charge is 0.330 e. The van der Waals surface area contributed by atoms with Gasteiger partial charge in [-0.3, -0.25) is 0 Å². The van der Waals surface area contributed by atoms with Gasteiger partial charge in [0.25, 0.3) is 0 Å². The van der Waals surface area contributed by atoms with Crippen molar-refractivity contribution in [2.75, 3.05) is 13.2 Å². The molecule has 0 rings (SSSR count). The lowest BCUT2D eigenvalue weighted by Crippen LogP contribution is -2.40. The molecule has 0 aliphatic carbocycles. The minimum Gasteiger partial charge on any atom is -0.463 e. The molecule has 18 heavy (non-hydrogen) atoms. The van der Waals surface area contributed by atoms with Crippen LogP contribution in [0, 0.1) is 0 Å². The molecule has 2 atom stereocenters. The Labute approximate surface area is 111 Å². The van der Waals surface area contributed by atoms with E-state index < -0.39 is 23.6 Å². The number of hydrogen-bond donors (Lipinski definition) is 2. The number of aliphatic hydroxyl groups is 1. The Morgan fingerprint density at radius 1 is 1.50 bits per heavy atom. The van der Waals surface area contributed by atoms with Crippen molar-refractivity contribution in [1.82, 2.24) is 0 Å². The van der Waals surface area contributed by atoms with E-state index in [0.717, 1.165) is 18.5 Å². The van der Waals surface area contributed by atoms with E-state index in [1.807, 2.05) is 6.55 Å². The summed E-state index contributed by atoms with van der Waals surface area (Å²) in [6.45, 7) is 7.54. The number of carbonyl (C=O) groups excluding carboxylic acids is 1. The lowest BCUT2D eigenvalue weighted by atomic mass is 10.5. The van der Waals surface area contributed by atoms with Crippen molar-refractivity contribution in [3.05, 3.63) is 12.7 Å². The fourth-order valence-electron chi connectivity index (χ4n) is 1.56. The van der Waals surface area contributed by atoms with Crippen LogP contribution in [0.15, 0.2) is 12.7 Å². The molecule has 0 aliphatic heterocycles. The molecule has 0 saturated carbocycles. The average Bonchev–Trinajstić information content (AvgIpc) is 2.31. The van der Waals surface area contributed by atoms with Gasteiger partial charge in [-0.15, -0.1) is 0 Å². The largest absolute Gasteiger partial charge is 0.463 e. The van der Waals surface area contributed by atoms with Gasteiger partial charge in [0.1, 0.15) is 0 Å². The number of carbonyl (C=O) groups is 1. The molecule has 5 nitrogen and oxygen atoms in total. The maximum Gasteiger partial charge on any atom is 0.330 e. The molecule has 0 radical (unpaired) electrons. The zero-order valence-electron chi connectivity index (χ0n) is 11.2.